The SMILES string of the molecule is CCONC(=O)[C@@H]1CC(=O)N(c2ccc3c(c2)CCC3)C1. The van der Waals surface area contributed by atoms with Crippen molar-refractivity contribution in [3.63, 3.8) is 0 Å². The van der Waals surface area contributed by atoms with Gasteiger partial charge in [0.25, 0.3) is 0 Å². The van der Waals surface area contributed by atoms with Gasteiger partial charge in [0.2, 0.25) is 11.8 Å². The van der Waals surface area contributed by atoms with Crippen LogP contribution in [0.1, 0.15) is 30.9 Å². The lowest BCUT2D eigenvalue weighted by molar-refractivity contribution is -0.137. The molecule has 2 aliphatic rings. The summed E-state index contributed by atoms with van der Waals surface area (Å²) in [5, 5.41) is 0. The summed E-state index contributed by atoms with van der Waals surface area (Å²) in [4.78, 5) is 30.7. The van der Waals surface area contributed by atoms with Crippen molar-refractivity contribution in [3.8, 4) is 0 Å². The zero-order valence-corrected chi connectivity index (χ0v) is 12.2. The van der Waals surface area contributed by atoms with Crippen molar-refractivity contribution in [1.82, 2.24) is 5.48 Å². The minimum absolute atomic E-state index is 0.00426. The van der Waals surface area contributed by atoms with E-state index in [2.05, 4.69) is 17.6 Å². The van der Waals surface area contributed by atoms with Gasteiger partial charge >= 0.3 is 0 Å². The fourth-order valence-electron chi connectivity index (χ4n) is 3.09. The first-order valence-electron chi connectivity index (χ1n) is 7.53. The van der Waals surface area contributed by atoms with Gasteiger partial charge in [-0.15, -0.1) is 0 Å². The van der Waals surface area contributed by atoms with E-state index in [1.807, 2.05) is 6.07 Å². The molecule has 0 spiro atoms. The number of hydrogen-bond acceptors (Lipinski definition) is 3. The van der Waals surface area contributed by atoms with Crippen molar-refractivity contribution >= 4 is 17.5 Å². The molecule has 0 radical (unpaired) electrons. The molecule has 1 fully saturated rings. The molecule has 5 nitrogen and oxygen atoms in total. The first-order valence-corrected chi connectivity index (χ1v) is 7.53. The molecule has 112 valence electrons. The molecule has 0 unspecified atom stereocenters. The third kappa shape index (κ3) is 2.78. The first kappa shape index (κ1) is 14.1. The van der Waals surface area contributed by atoms with Crippen LogP contribution in [0.4, 0.5) is 5.69 Å². The fourth-order valence-corrected chi connectivity index (χ4v) is 3.09. The average Bonchev–Trinajstić information content (AvgIpc) is 3.10. The van der Waals surface area contributed by atoms with Gasteiger partial charge in [-0.3, -0.25) is 14.4 Å². The molecule has 1 atom stereocenters. The van der Waals surface area contributed by atoms with Gasteiger partial charge in [-0.25, -0.2) is 5.48 Å². The summed E-state index contributed by atoms with van der Waals surface area (Å²) in [7, 11) is 0. The van der Waals surface area contributed by atoms with Crippen LogP contribution >= 0.6 is 0 Å². The van der Waals surface area contributed by atoms with Crippen LogP contribution in [0, 0.1) is 5.92 Å². The van der Waals surface area contributed by atoms with Crippen LogP contribution in [0.3, 0.4) is 0 Å². The Kier molecular flexibility index (Phi) is 3.92. The Bertz CT molecular complexity index is 571. The topological polar surface area (TPSA) is 58.6 Å². The quantitative estimate of drug-likeness (QED) is 0.856. The summed E-state index contributed by atoms with van der Waals surface area (Å²) in [5.74, 6) is -0.546. The van der Waals surface area contributed by atoms with Gasteiger partial charge in [-0.1, -0.05) is 6.07 Å². The molecule has 1 aliphatic carbocycles. The Hall–Kier alpha value is -1.88. The third-order valence-corrected chi connectivity index (χ3v) is 4.21. The smallest absolute Gasteiger partial charge is 0.248 e. The predicted octanol–water partition coefficient (Wildman–Crippen LogP) is 1.60. The Balaban J connectivity index is 1.72. The van der Waals surface area contributed by atoms with Crippen LogP contribution in [-0.4, -0.2) is 25.0 Å². The van der Waals surface area contributed by atoms with Crippen LogP contribution in [-0.2, 0) is 27.3 Å². The molecular formula is C16H20N2O3. The number of hydroxylamine groups is 1. The zero-order chi connectivity index (χ0) is 14.8. The number of amides is 2. The fraction of sp³-hybridized carbons (Fsp3) is 0.500. The second-order valence-corrected chi connectivity index (χ2v) is 5.61. The molecule has 0 saturated carbocycles. The van der Waals surface area contributed by atoms with Crippen molar-refractivity contribution in [2.45, 2.75) is 32.6 Å². The van der Waals surface area contributed by atoms with Crippen LogP contribution < -0.4 is 10.4 Å². The highest BCUT2D eigenvalue weighted by molar-refractivity contribution is 6.00. The number of carbonyl (C=O) groups is 2. The first-order chi connectivity index (χ1) is 10.2. The molecule has 3 rings (SSSR count). The Morgan fingerprint density at radius 1 is 1.38 bits per heavy atom. The minimum Gasteiger partial charge on any atom is -0.312 e. The van der Waals surface area contributed by atoms with E-state index < -0.39 is 0 Å². The summed E-state index contributed by atoms with van der Waals surface area (Å²) in [6.07, 6.45) is 3.64. The molecular weight excluding hydrogens is 268 g/mol. The Labute approximate surface area is 124 Å². The second kappa shape index (κ2) is 5.85. The summed E-state index contributed by atoms with van der Waals surface area (Å²) in [5.41, 5.74) is 6.02. The molecule has 5 heteroatoms. The monoisotopic (exact) mass is 288 g/mol. The summed E-state index contributed by atoms with van der Waals surface area (Å²) in [6, 6.07) is 6.20. The van der Waals surface area contributed by atoms with Crippen molar-refractivity contribution in [2.75, 3.05) is 18.1 Å². The number of anilines is 1. The van der Waals surface area contributed by atoms with Crippen molar-refractivity contribution in [1.29, 1.82) is 0 Å². The third-order valence-electron chi connectivity index (χ3n) is 4.21. The number of aryl methyl sites for hydroxylation is 2. The standard InChI is InChI=1S/C16H20N2O3/c1-2-21-17-16(20)13-9-15(19)18(10-13)14-7-6-11-4-3-5-12(11)8-14/h6-8,13H,2-5,9-10H2,1H3,(H,17,20)/t13-/m1/s1. The molecule has 1 aliphatic heterocycles. The lowest BCUT2D eigenvalue weighted by Crippen LogP contribution is -2.33. The lowest BCUT2D eigenvalue weighted by atomic mass is 10.1. The number of carbonyl (C=O) groups excluding carboxylic acids is 2. The number of fused-ring (bicyclic) bond motifs is 1. The van der Waals surface area contributed by atoms with Gasteiger partial charge in [0.1, 0.15) is 0 Å². The van der Waals surface area contributed by atoms with Crippen LogP contribution in [0.2, 0.25) is 0 Å². The molecule has 1 saturated heterocycles. The van der Waals surface area contributed by atoms with E-state index in [-0.39, 0.29) is 24.2 Å². The average molecular weight is 288 g/mol. The van der Waals surface area contributed by atoms with E-state index in [0.717, 1.165) is 18.5 Å². The molecule has 1 heterocycles. The van der Waals surface area contributed by atoms with Gasteiger partial charge in [0.15, 0.2) is 0 Å². The summed E-state index contributed by atoms with van der Waals surface area (Å²) < 4.78 is 0. The molecule has 0 bridgehead atoms. The minimum atomic E-state index is -0.336. The van der Waals surface area contributed by atoms with Gasteiger partial charge in [-0.05, 0) is 49.4 Å². The van der Waals surface area contributed by atoms with Gasteiger partial charge in [-0.2, -0.15) is 0 Å². The highest BCUT2D eigenvalue weighted by atomic mass is 16.6. The summed E-state index contributed by atoms with van der Waals surface area (Å²) in [6.45, 7) is 2.65. The molecule has 0 aromatic heterocycles. The van der Waals surface area contributed by atoms with Crippen molar-refractivity contribution < 1.29 is 14.4 Å². The molecule has 1 N–H and O–H groups in total. The number of nitrogens with one attached hydrogen (secondary N) is 1. The van der Waals surface area contributed by atoms with Crippen molar-refractivity contribution in [2.24, 2.45) is 5.92 Å². The molecule has 2 amide bonds. The maximum Gasteiger partial charge on any atom is 0.248 e. The zero-order valence-electron chi connectivity index (χ0n) is 12.2. The molecule has 1 aromatic carbocycles. The maximum atomic E-state index is 12.2. The second-order valence-electron chi connectivity index (χ2n) is 5.61. The van der Waals surface area contributed by atoms with Gasteiger partial charge < -0.3 is 4.90 Å². The highest BCUT2D eigenvalue weighted by Crippen LogP contribution is 2.30. The number of rotatable bonds is 4. The lowest BCUT2D eigenvalue weighted by Gasteiger charge is -2.17. The Morgan fingerprint density at radius 2 is 2.19 bits per heavy atom. The van der Waals surface area contributed by atoms with Crippen LogP contribution in [0.5, 0.6) is 0 Å². The molecule has 21 heavy (non-hydrogen) atoms. The number of benzene rings is 1. The van der Waals surface area contributed by atoms with Crippen molar-refractivity contribution in [3.05, 3.63) is 29.3 Å². The van der Waals surface area contributed by atoms with E-state index in [1.54, 1.807) is 11.8 Å². The van der Waals surface area contributed by atoms with E-state index in [0.29, 0.717) is 13.2 Å². The summed E-state index contributed by atoms with van der Waals surface area (Å²) >= 11 is 0. The van der Waals surface area contributed by atoms with E-state index >= 15 is 0 Å². The van der Waals surface area contributed by atoms with Crippen LogP contribution in [0.25, 0.3) is 0 Å². The number of nitrogens with zero attached hydrogens (tertiary/aromatic N) is 1. The predicted molar refractivity (Wildman–Crippen MR) is 78.7 cm³/mol. The highest BCUT2D eigenvalue weighted by Gasteiger charge is 2.35. The maximum absolute atomic E-state index is 12.2. The van der Waals surface area contributed by atoms with Gasteiger partial charge in [0.05, 0.1) is 12.5 Å². The molecule has 1 aromatic rings. The van der Waals surface area contributed by atoms with Crippen LogP contribution in [0.15, 0.2) is 18.2 Å². The van der Waals surface area contributed by atoms with E-state index in [9.17, 15) is 9.59 Å². The van der Waals surface area contributed by atoms with E-state index in [4.69, 9.17) is 4.84 Å². The van der Waals surface area contributed by atoms with E-state index in [1.165, 1.54) is 17.5 Å². The Morgan fingerprint density at radius 3 is 3.00 bits per heavy atom. The normalized spacial score (nSPS) is 20.7. The van der Waals surface area contributed by atoms with Gasteiger partial charge in [0, 0.05) is 18.7 Å². The number of hydrogen-bond donors (Lipinski definition) is 1. The largest absolute Gasteiger partial charge is 0.312 e.